The Labute approximate surface area is 192 Å². The van der Waals surface area contributed by atoms with Gasteiger partial charge < -0.3 is 60.2 Å². The van der Waals surface area contributed by atoms with Crippen LogP contribution in [-0.4, -0.2) is 25.8 Å². The first-order valence-electron chi connectivity index (χ1n) is 9.43. The normalized spacial score (nSPS) is 9.61. The third-order valence-corrected chi connectivity index (χ3v) is 4.55. The number of hydrogen-bond acceptors (Lipinski definition) is 4. The Morgan fingerprint density at radius 1 is 0.710 bits per heavy atom. The molecule has 0 unspecified atom stereocenters. The van der Waals surface area contributed by atoms with Crippen molar-refractivity contribution in [3.05, 3.63) is 119 Å². The third-order valence-electron chi connectivity index (χ3n) is 4.55. The van der Waals surface area contributed by atoms with Crippen LogP contribution in [0.2, 0.25) is 0 Å². The number of ether oxygens (including phenoxy) is 2. The summed E-state index contributed by atoms with van der Waals surface area (Å²) in [5.41, 5.74) is 2.81. The summed E-state index contributed by atoms with van der Waals surface area (Å²) in [6.07, 6.45) is 0. The summed E-state index contributed by atoms with van der Waals surface area (Å²) >= 11 is 0. The maximum absolute atomic E-state index is 11.9. The molecule has 0 saturated heterocycles. The maximum atomic E-state index is 11.9. The Hall–Kier alpha value is -3.40. The first-order valence-corrected chi connectivity index (χ1v) is 9.43. The first kappa shape index (κ1) is 23.9. The van der Waals surface area contributed by atoms with Gasteiger partial charge in [-0.05, 0) is 29.8 Å². The fourth-order valence-corrected chi connectivity index (χ4v) is 2.87. The van der Waals surface area contributed by atoms with Crippen molar-refractivity contribution >= 4 is 11.6 Å². The maximum Gasteiger partial charge on any atom is 0.117 e. The van der Waals surface area contributed by atoms with Crippen LogP contribution < -0.4 is 9.47 Å². The molecule has 0 radical (unpaired) electrons. The molecule has 0 spiro atoms. The minimum absolute atomic E-state index is 0. The van der Waals surface area contributed by atoms with Gasteiger partial charge >= 0.3 is 0 Å². The van der Waals surface area contributed by atoms with Crippen LogP contribution in [-0.2, 0) is 17.1 Å². The Balaban J connectivity index is 0.000000213. The van der Waals surface area contributed by atoms with E-state index in [0.717, 1.165) is 22.6 Å². The number of rotatable bonds is 6. The molecule has 4 aromatic carbocycles. The molecule has 0 amide bonds. The second-order valence-corrected chi connectivity index (χ2v) is 6.46. The van der Waals surface area contributed by atoms with Gasteiger partial charge in [0.2, 0.25) is 0 Å². The SMILES string of the molecule is COc1ccc(C(=O)[c-]2[cH-][cH-][cH-][cH-]2)cc1.COc1ccc(C(=O)[c-]2cccc2)cc1.[Fe]. The summed E-state index contributed by atoms with van der Waals surface area (Å²) in [7, 11) is 3.21. The minimum Gasteiger partial charge on any atom is -0.644 e. The molecular formula is C26H22FeO4-6. The van der Waals surface area contributed by atoms with E-state index in [4.69, 9.17) is 9.47 Å². The zero-order valence-corrected chi connectivity index (χ0v) is 18.3. The van der Waals surface area contributed by atoms with Crippen LogP contribution >= 0.6 is 0 Å². The van der Waals surface area contributed by atoms with Crippen LogP contribution in [0, 0.1) is 0 Å². The topological polar surface area (TPSA) is 52.6 Å². The summed E-state index contributed by atoms with van der Waals surface area (Å²) in [5, 5.41) is 0. The third kappa shape index (κ3) is 6.29. The molecule has 0 atom stereocenters. The van der Waals surface area contributed by atoms with Crippen molar-refractivity contribution in [3.8, 4) is 11.5 Å². The van der Waals surface area contributed by atoms with Crippen molar-refractivity contribution in [1.82, 2.24) is 0 Å². The molecule has 4 rings (SSSR count). The van der Waals surface area contributed by atoms with E-state index >= 15 is 0 Å². The fraction of sp³-hybridized carbons (Fsp3) is 0.0769. The number of ketones is 2. The smallest absolute Gasteiger partial charge is 0.117 e. The molecule has 0 aliphatic carbocycles. The van der Waals surface area contributed by atoms with Crippen molar-refractivity contribution in [3.63, 3.8) is 0 Å². The van der Waals surface area contributed by atoms with E-state index in [1.54, 1.807) is 62.8 Å². The average Bonchev–Trinajstić information content (AvgIpc) is 3.53. The monoisotopic (exact) mass is 454 g/mol. The summed E-state index contributed by atoms with van der Waals surface area (Å²) in [6, 6.07) is 28.9. The molecule has 0 saturated carbocycles. The van der Waals surface area contributed by atoms with Gasteiger partial charge in [-0.1, -0.05) is 17.7 Å². The number of carbonyl (C=O) groups excluding carboxylic acids is 2. The van der Waals surface area contributed by atoms with Gasteiger partial charge in [0.15, 0.2) is 0 Å². The predicted octanol–water partition coefficient (Wildman–Crippen LogP) is 5.29. The van der Waals surface area contributed by atoms with Crippen molar-refractivity contribution < 1.29 is 36.1 Å². The Morgan fingerprint density at radius 3 is 1.55 bits per heavy atom. The number of methoxy groups -OCH3 is 2. The van der Waals surface area contributed by atoms with E-state index in [-0.39, 0.29) is 28.6 Å². The van der Waals surface area contributed by atoms with Gasteiger partial charge in [0.05, 0.1) is 14.2 Å². The van der Waals surface area contributed by atoms with Gasteiger partial charge in [0.1, 0.15) is 17.3 Å². The van der Waals surface area contributed by atoms with Crippen LogP contribution in [0.4, 0.5) is 0 Å². The summed E-state index contributed by atoms with van der Waals surface area (Å²) in [4.78, 5) is 23.7. The van der Waals surface area contributed by atoms with Gasteiger partial charge in [-0.15, -0.1) is 12.1 Å². The van der Waals surface area contributed by atoms with Crippen molar-refractivity contribution in [2.75, 3.05) is 14.2 Å². The molecule has 0 heterocycles. The Morgan fingerprint density at radius 2 is 1.13 bits per heavy atom. The predicted molar refractivity (Wildman–Crippen MR) is 117 cm³/mol. The Kier molecular flexibility index (Phi) is 9.01. The van der Waals surface area contributed by atoms with Gasteiger partial charge in [0, 0.05) is 17.1 Å². The fourth-order valence-electron chi connectivity index (χ4n) is 2.87. The zero-order chi connectivity index (χ0) is 21.3. The average molecular weight is 454 g/mol. The van der Waals surface area contributed by atoms with E-state index in [9.17, 15) is 9.59 Å². The van der Waals surface area contributed by atoms with E-state index in [1.807, 2.05) is 48.5 Å². The molecule has 0 bridgehead atoms. The summed E-state index contributed by atoms with van der Waals surface area (Å²) in [6.45, 7) is 0. The molecule has 4 nitrogen and oxygen atoms in total. The zero-order valence-electron chi connectivity index (χ0n) is 17.2. The van der Waals surface area contributed by atoms with E-state index in [0.29, 0.717) is 11.1 Å². The second kappa shape index (κ2) is 11.7. The standard InChI is InChI=1S/2C13H11O2.Fe/c2*1-15-12-8-6-11(7-9-12)13(14)10-4-2-3-5-10;/h2*2-9H,1H3;/q-5;-1;. The Bertz CT molecular complexity index is 972. The van der Waals surface area contributed by atoms with Crippen molar-refractivity contribution in [2.24, 2.45) is 0 Å². The van der Waals surface area contributed by atoms with Gasteiger partial charge in [-0.3, -0.25) is 0 Å². The molecule has 0 fully saturated rings. The molecule has 0 N–H and O–H groups in total. The van der Waals surface area contributed by atoms with Gasteiger partial charge in [-0.2, -0.15) is 24.3 Å². The molecule has 0 aromatic heterocycles. The van der Waals surface area contributed by atoms with Crippen molar-refractivity contribution in [1.29, 1.82) is 0 Å². The van der Waals surface area contributed by atoms with E-state index in [2.05, 4.69) is 0 Å². The number of hydrogen-bond donors (Lipinski definition) is 0. The number of carbonyl (C=O) groups is 2. The van der Waals surface area contributed by atoms with Gasteiger partial charge in [0.25, 0.3) is 0 Å². The molecule has 4 aromatic rings. The largest absolute Gasteiger partial charge is 0.644 e. The number of benzene rings is 2. The minimum atomic E-state index is 0. The molecule has 0 aliphatic heterocycles. The second-order valence-electron chi connectivity index (χ2n) is 6.46. The molecule has 5 heteroatoms. The molecule has 0 aliphatic rings. The summed E-state index contributed by atoms with van der Waals surface area (Å²) < 4.78 is 10.1. The molecular weight excluding hydrogens is 432 g/mol. The van der Waals surface area contributed by atoms with Crippen LogP contribution in [0.5, 0.6) is 11.5 Å². The first-order chi connectivity index (χ1) is 14.6. The van der Waals surface area contributed by atoms with E-state index < -0.39 is 0 Å². The van der Waals surface area contributed by atoms with Crippen LogP contribution in [0.15, 0.2) is 97.1 Å². The quantitative estimate of drug-likeness (QED) is 0.226. The van der Waals surface area contributed by atoms with Gasteiger partial charge in [-0.25, -0.2) is 0 Å². The molecule has 31 heavy (non-hydrogen) atoms. The van der Waals surface area contributed by atoms with Crippen LogP contribution in [0.25, 0.3) is 0 Å². The summed E-state index contributed by atoms with van der Waals surface area (Å²) in [5.74, 6) is 1.61. The van der Waals surface area contributed by atoms with Crippen LogP contribution in [0.1, 0.15) is 31.8 Å². The molecule has 164 valence electrons. The van der Waals surface area contributed by atoms with Crippen LogP contribution in [0.3, 0.4) is 0 Å². The van der Waals surface area contributed by atoms with Crippen molar-refractivity contribution in [2.45, 2.75) is 0 Å². The van der Waals surface area contributed by atoms with E-state index in [1.165, 1.54) is 0 Å².